The van der Waals surface area contributed by atoms with Gasteiger partial charge in [0, 0.05) is 18.5 Å². The number of guanidine groups is 1. The average Bonchev–Trinajstić information content (AvgIpc) is 3.27. The van der Waals surface area contributed by atoms with Crippen LogP contribution in [0.1, 0.15) is 38.2 Å². The summed E-state index contributed by atoms with van der Waals surface area (Å²) in [6, 6.07) is 10.8. The molecule has 2 fully saturated rings. The summed E-state index contributed by atoms with van der Waals surface area (Å²) in [6.07, 6.45) is 5.04. The second kappa shape index (κ2) is 6.99. The summed E-state index contributed by atoms with van der Waals surface area (Å²) in [5.74, 6) is 1.49. The Balaban J connectivity index is 0.00000161. The first kappa shape index (κ1) is 16.6. The van der Waals surface area contributed by atoms with Gasteiger partial charge in [-0.25, -0.2) is 0 Å². The zero-order valence-corrected chi connectivity index (χ0v) is 15.1. The van der Waals surface area contributed by atoms with Gasteiger partial charge < -0.3 is 10.6 Å². The van der Waals surface area contributed by atoms with Crippen LogP contribution in [-0.2, 0) is 5.41 Å². The fraction of sp³-hybridized carbons (Fsp3) is 0.588. The standard InChI is InChI=1S/C17H25N3.HI/c1-14-6-5-11-20(12-14)16(18)19-13-17(9-10-17)15-7-3-2-4-8-15;/h2-4,7-8,14H,5-6,9-13H2,1H3,(H2,18,19);1H. The predicted molar refractivity (Wildman–Crippen MR) is 99.2 cm³/mol. The lowest BCUT2D eigenvalue weighted by molar-refractivity contribution is 0.270. The first-order valence-electron chi connectivity index (χ1n) is 7.80. The number of halogens is 1. The molecule has 116 valence electrons. The summed E-state index contributed by atoms with van der Waals surface area (Å²) in [5, 5.41) is 0. The fourth-order valence-corrected chi connectivity index (χ4v) is 3.21. The van der Waals surface area contributed by atoms with Crippen LogP contribution in [0.15, 0.2) is 35.3 Å². The Kier molecular flexibility index (Phi) is 5.52. The van der Waals surface area contributed by atoms with Gasteiger partial charge in [0.1, 0.15) is 0 Å². The Morgan fingerprint density at radius 1 is 1.33 bits per heavy atom. The van der Waals surface area contributed by atoms with Crippen molar-refractivity contribution in [3.8, 4) is 0 Å². The van der Waals surface area contributed by atoms with Crippen molar-refractivity contribution in [3.63, 3.8) is 0 Å². The number of benzene rings is 1. The molecule has 1 atom stereocenters. The molecule has 0 bridgehead atoms. The van der Waals surface area contributed by atoms with E-state index in [1.807, 2.05) is 0 Å². The lowest BCUT2D eigenvalue weighted by Crippen LogP contribution is -2.43. The van der Waals surface area contributed by atoms with Crippen LogP contribution < -0.4 is 5.73 Å². The van der Waals surface area contributed by atoms with E-state index in [4.69, 9.17) is 10.7 Å². The van der Waals surface area contributed by atoms with Crippen LogP contribution in [0.4, 0.5) is 0 Å². The largest absolute Gasteiger partial charge is 0.370 e. The molecule has 0 radical (unpaired) electrons. The third kappa shape index (κ3) is 3.90. The van der Waals surface area contributed by atoms with Crippen molar-refractivity contribution in [3.05, 3.63) is 35.9 Å². The number of nitrogens with zero attached hydrogens (tertiary/aromatic N) is 2. The average molecular weight is 399 g/mol. The molecule has 2 N–H and O–H groups in total. The van der Waals surface area contributed by atoms with Crippen molar-refractivity contribution in [2.24, 2.45) is 16.6 Å². The van der Waals surface area contributed by atoms with Crippen molar-refractivity contribution in [1.29, 1.82) is 0 Å². The molecule has 4 heteroatoms. The molecule has 0 aromatic heterocycles. The van der Waals surface area contributed by atoms with Crippen molar-refractivity contribution in [1.82, 2.24) is 4.90 Å². The molecule has 0 spiro atoms. The molecule has 3 nitrogen and oxygen atoms in total. The molecule has 0 amide bonds. The molecule has 1 aromatic rings. The molecule has 1 aliphatic heterocycles. The second-order valence-electron chi connectivity index (χ2n) is 6.51. The van der Waals surface area contributed by atoms with E-state index in [9.17, 15) is 0 Å². The van der Waals surface area contributed by atoms with E-state index < -0.39 is 0 Å². The van der Waals surface area contributed by atoms with Gasteiger partial charge in [0.05, 0.1) is 6.54 Å². The van der Waals surface area contributed by atoms with Crippen LogP contribution in [0, 0.1) is 5.92 Å². The zero-order valence-electron chi connectivity index (χ0n) is 12.8. The maximum absolute atomic E-state index is 6.20. The van der Waals surface area contributed by atoms with E-state index in [-0.39, 0.29) is 29.4 Å². The zero-order chi connectivity index (χ0) is 14.0. The maximum atomic E-state index is 6.20. The van der Waals surface area contributed by atoms with Crippen LogP contribution in [-0.4, -0.2) is 30.5 Å². The van der Waals surface area contributed by atoms with Gasteiger partial charge in [-0.05, 0) is 37.2 Å². The third-order valence-electron chi connectivity index (χ3n) is 4.76. The molecule has 2 aliphatic rings. The first-order valence-corrected chi connectivity index (χ1v) is 7.80. The second-order valence-corrected chi connectivity index (χ2v) is 6.51. The lowest BCUT2D eigenvalue weighted by atomic mass is 9.96. The molecule has 1 aromatic carbocycles. The van der Waals surface area contributed by atoms with Crippen molar-refractivity contribution in [2.45, 2.75) is 38.0 Å². The Hall–Kier alpha value is -0.780. The number of nitrogens with two attached hydrogens (primary N) is 1. The van der Waals surface area contributed by atoms with Crippen LogP contribution >= 0.6 is 24.0 Å². The highest BCUT2D eigenvalue weighted by atomic mass is 127. The fourth-order valence-electron chi connectivity index (χ4n) is 3.21. The van der Waals surface area contributed by atoms with Gasteiger partial charge in [0.2, 0.25) is 0 Å². The summed E-state index contributed by atoms with van der Waals surface area (Å²) >= 11 is 0. The van der Waals surface area contributed by atoms with Gasteiger partial charge in [-0.2, -0.15) is 0 Å². The van der Waals surface area contributed by atoms with Gasteiger partial charge in [-0.1, -0.05) is 37.3 Å². The maximum Gasteiger partial charge on any atom is 0.191 e. The summed E-state index contributed by atoms with van der Waals surface area (Å²) in [6.45, 7) is 5.27. The summed E-state index contributed by atoms with van der Waals surface area (Å²) < 4.78 is 0. The quantitative estimate of drug-likeness (QED) is 0.481. The van der Waals surface area contributed by atoms with Crippen molar-refractivity contribution < 1.29 is 0 Å². The van der Waals surface area contributed by atoms with Crippen molar-refractivity contribution >= 4 is 29.9 Å². The molecule has 1 saturated heterocycles. The molecular formula is C17H26IN3. The molecule has 1 unspecified atom stereocenters. The van der Waals surface area contributed by atoms with E-state index in [1.165, 1.54) is 31.2 Å². The van der Waals surface area contributed by atoms with Gasteiger partial charge in [0.15, 0.2) is 5.96 Å². The van der Waals surface area contributed by atoms with E-state index >= 15 is 0 Å². The van der Waals surface area contributed by atoms with Gasteiger partial charge in [-0.15, -0.1) is 24.0 Å². The highest BCUT2D eigenvalue weighted by molar-refractivity contribution is 14.0. The molecular weight excluding hydrogens is 373 g/mol. The smallest absolute Gasteiger partial charge is 0.191 e. The number of piperidine rings is 1. The summed E-state index contributed by atoms with van der Waals surface area (Å²) in [4.78, 5) is 6.97. The Labute approximate surface area is 145 Å². The van der Waals surface area contributed by atoms with Gasteiger partial charge >= 0.3 is 0 Å². The first-order chi connectivity index (χ1) is 9.70. The number of aliphatic imine (C=N–C) groups is 1. The molecule has 1 saturated carbocycles. The predicted octanol–water partition coefficient (Wildman–Crippen LogP) is 3.38. The van der Waals surface area contributed by atoms with Crippen LogP contribution in [0.5, 0.6) is 0 Å². The molecule has 21 heavy (non-hydrogen) atoms. The molecule has 1 aliphatic carbocycles. The number of rotatable bonds is 3. The summed E-state index contributed by atoms with van der Waals surface area (Å²) in [5.41, 5.74) is 7.89. The van der Waals surface area contributed by atoms with Crippen LogP contribution in [0.2, 0.25) is 0 Å². The van der Waals surface area contributed by atoms with Crippen molar-refractivity contribution in [2.75, 3.05) is 19.6 Å². The normalized spacial score (nSPS) is 24.3. The molecule has 3 rings (SSSR count). The highest BCUT2D eigenvalue weighted by Gasteiger charge is 2.44. The van der Waals surface area contributed by atoms with E-state index in [0.29, 0.717) is 0 Å². The number of likely N-dealkylation sites (tertiary alicyclic amines) is 1. The van der Waals surface area contributed by atoms with Crippen LogP contribution in [0.25, 0.3) is 0 Å². The Morgan fingerprint density at radius 3 is 2.67 bits per heavy atom. The van der Waals surface area contributed by atoms with E-state index in [1.54, 1.807) is 0 Å². The molecule has 1 heterocycles. The van der Waals surface area contributed by atoms with Crippen LogP contribution in [0.3, 0.4) is 0 Å². The Bertz CT molecular complexity index is 482. The van der Waals surface area contributed by atoms with E-state index in [2.05, 4.69) is 42.2 Å². The summed E-state index contributed by atoms with van der Waals surface area (Å²) in [7, 11) is 0. The minimum Gasteiger partial charge on any atom is -0.370 e. The SMILES string of the molecule is CC1CCCN(C(N)=NCC2(c3ccccc3)CC2)C1.I. The Morgan fingerprint density at radius 2 is 2.05 bits per heavy atom. The monoisotopic (exact) mass is 399 g/mol. The third-order valence-corrected chi connectivity index (χ3v) is 4.76. The minimum absolute atomic E-state index is 0. The van der Waals surface area contributed by atoms with Gasteiger partial charge in [-0.3, -0.25) is 4.99 Å². The number of hydrogen-bond donors (Lipinski definition) is 1. The lowest BCUT2D eigenvalue weighted by Gasteiger charge is -2.32. The van der Waals surface area contributed by atoms with E-state index in [0.717, 1.165) is 31.5 Å². The van der Waals surface area contributed by atoms with Gasteiger partial charge in [0.25, 0.3) is 0 Å². The highest BCUT2D eigenvalue weighted by Crippen LogP contribution is 2.48. The number of hydrogen-bond acceptors (Lipinski definition) is 1. The topological polar surface area (TPSA) is 41.6 Å². The minimum atomic E-state index is 0.